The smallest absolute Gasteiger partial charge is 0.247 e. The summed E-state index contributed by atoms with van der Waals surface area (Å²) in [6.07, 6.45) is 2.51. The second kappa shape index (κ2) is 4.86. The van der Waals surface area contributed by atoms with E-state index in [2.05, 4.69) is 15.0 Å². The number of rotatable bonds is 3. The molecule has 8 heteroatoms. The van der Waals surface area contributed by atoms with E-state index < -0.39 is 9.84 Å². The number of nitrogens with zero attached hydrogens (tertiary/aromatic N) is 3. The fraction of sp³-hybridized carbons (Fsp3) is 0.364. The van der Waals surface area contributed by atoms with Gasteiger partial charge < -0.3 is 5.73 Å². The van der Waals surface area contributed by atoms with Crippen molar-refractivity contribution in [2.45, 2.75) is 24.9 Å². The van der Waals surface area contributed by atoms with Gasteiger partial charge in [-0.15, -0.1) is 0 Å². The summed E-state index contributed by atoms with van der Waals surface area (Å²) in [5.74, 6) is 0.181. The summed E-state index contributed by atoms with van der Waals surface area (Å²) < 4.78 is 23.0. The number of anilines is 1. The van der Waals surface area contributed by atoms with Crippen molar-refractivity contribution in [3.8, 4) is 10.6 Å². The van der Waals surface area contributed by atoms with Gasteiger partial charge in [-0.1, -0.05) is 25.2 Å². The van der Waals surface area contributed by atoms with Crippen LogP contribution in [0.15, 0.2) is 17.4 Å². The number of hydrogen-bond acceptors (Lipinski definition) is 7. The average Bonchev–Trinajstić information content (AvgIpc) is 2.71. The molecule has 0 atom stereocenters. The van der Waals surface area contributed by atoms with Crippen molar-refractivity contribution >= 4 is 26.3 Å². The number of thiazole rings is 1. The monoisotopic (exact) mass is 298 g/mol. The molecule has 0 saturated heterocycles. The normalized spacial score (nSPS) is 12.0. The van der Waals surface area contributed by atoms with Crippen LogP contribution >= 0.6 is 11.3 Å². The quantitative estimate of drug-likeness (QED) is 0.866. The summed E-state index contributed by atoms with van der Waals surface area (Å²) in [4.78, 5) is 12.9. The lowest BCUT2D eigenvalue weighted by atomic mass is 10.1. The van der Waals surface area contributed by atoms with E-state index in [1.54, 1.807) is 6.07 Å². The molecule has 0 unspecified atom stereocenters. The van der Waals surface area contributed by atoms with Gasteiger partial charge in [0.15, 0.2) is 5.13 Å². The molecule has 0 aromatic carbocycles. The van der Waals surface area contributed by atoms with E-state index in [0.717, 1.165) is 16.8 Å². The van der Waals surface area contributed by atoms with Crippen LogP contribution in [0.3, 0.4) is 0 Å². The van der Waals surface area contributed by atoms with E-state index in [4.69, 9.17) is 5.73 Å². The minimum absolute atomic E-state index is 0.181. The summed E-state index contributed by atoms with van der Waals surface area (Å²) >= 11 is 1.30. The molecule has 2 aromatic heterocycles. The Hall–Kier alpha value is -1.54. The average molecular weight is 298 g/mol. The zero-order chi connectivity index (χ0) is 14.2. The summed E-state index contributed by atoms with van der Waals surface area (Å²) in [6.45, 7) is 3.99. The molecule has 0 aliphatic carbocycles. The van der Waals surface area contributed by atoms with Crippen molar-refractivity contribution < 1.29 is 8.42 Å². The second-order valence-corrected chi connectivity index (χ2v) is 7.36. The molecule has 19 heavy (non-hydrogen) atoms. The standard InChI is InChI=1S/C11H14N4O2S2/c1-6(2)8-9(18-10(12)15-8)7-4-5-13-11(14-7)19(3,16)17/h4-6H,1-3H3,(H2,12,15). The van der Waals surface area contributed by atoms with Crippen LogP contribution in [0.4, 0.5) is 5.13 Å². The van der Waals surface area contributed by atoms with Gasteiger partial charge in [-0.3, -0.25) is 0 Å². The minimum atomic E-state index is -3.43. The lowest BCUT2D eigenvalue weighted by Crippen LogP contribution is -2.04. The molecular formula is C11H14N4O2S2. The SMILES string of the molecule is CC(C)c1nc(N)sc1-c1ccnc(S(C)(=O)=O)n1. The van der Waals surface area contributed by atoms with E-state index in [0.29, 0.717) is 10.8 Å². The van der Waals surface area contributed by atoms with Crippen LogP contribution < -0.4 is 5.73 Å². The molecule has 102 valence electrons. The van der Waals surface area contributed by atoms with Crippen LogP contribution in [-0.4, -0.2) is 29.6 Å². The zero-order valence-corrected chi connectivity index (χ0v) is 12.4. The Morgan fingerprint density at radius 1 is 1.32 bits per heavy atom. The van der Waals surface area contributed by atoms with Gasteiger partial charge in [0.1, 0.15) is 0 Å². The van der Waals surface area contributed by atoms with Crippen molar-refractivity contribution in [2.75, 3.05) is 12.0 Å². The number of hydrogen-bond donors (Lipinski definition) is 1. The molecule has 2 N–H and O–H groups in total. The molecule has 2 rings (SSSR count). The fourth-order valence-corrected chi connectivity index (χ4v) is 3.04. The van der Waals surface area contributed by atoms with Gasteiger partial charge in [0.05, 0.1) is 16.3 Å². The van der Waals surface area contributed by atoms with Crippen LogP contribution in [0.25, 0.3) is 10.6 Å². The first kappa shape index (κ1) is 13.9. The van der Waals surface area contributed by atoms with E-state index in [-0.39, 0.29) is 11.1 Å². The maximum Gasteiger partial charge on any atom is 0.247 e. The van der Waals surface area contributed by atoms with E-state index in [1.165, 1.54) is 17.5 Å². The largest absolute Gasteiger partial charge is 0.375 e. The van der Waals surface area contributed by atoms with Crippen molar-refractivity contribution in [1.82, 2.24) is 15.0 Å². The highest BCUT2D eigenvalue weighted by atomic mass is 32.2. The maximum absolute atomic E-state index is 11.5. The first-order chi connectivity index (χ1) is 8.79. The molecule has 0 bridgehead atoms. The highest BCUT2D eigenvalue weighted by Gasteiger charge is 2.18. The van der Waals surface area contributed by atoms with Crippen molar-refractivity contribution in [2.24, 2.45) is 0 Å². The molecule has 0 spiro atoms. The molecule has 2 heterocycles. The lowest BCUT2D eigenvalue weighted by Gasteiger charge is -2.05. The van der Waals surface area contributed by atoms with Crippen LogP contribution in [0.2, 0.25) is 0 Å². The third-order valence-electron chi connectivity index (χ3n) is 2.41. The van der Waals surface area contributed by atoms with Gasteiger partial charge in [0, 0.05) is 12.5 Å². The fourth-order valence-electron chi connectivity index (χ4n) is 1.57. The van der Waals surface area contributed by atoms with Crippen molar-refractivity contribution in [3.05, 3.63) is 18.0 Å². The Morgan fingerprint density at radius 2 is 2.00 bits per heavy atom. The Kier molecular flexibility index (Phi) is 3.55. The summed E-state index contributed by atoms with van der Waals surface area (Å²) in [7, 11) is -3.43. The summed E-state index contributed by atoms with van der Waals surface area (Å²) in [5.41, 5.74) is 7.08. The first-order valence-corrected chi connectivity index (χ1v) is 8.29. The van der Waals surface area contributed by atoms with Gasteiger partial charge in [0.2, 0.25) is 15.0 Å². The van der Waals surface area contributed by atoms with Crippen LogP contribution in [-0.2, 0) is 9.84 Å². The Balaban J connectivity index is 2.60. The molecule has 0 saturated carbocycles. The number of nitrogen functional groups attached to an aromatic ring is 1. The summed E-state index contributed by atoms with van der Waals surface area (Å²) in [6, 6.07) is 1.66. The Labute approximate surface area is 115 Å². The molecule has 0 radical (unpaired) electrons. The van der Waals surface area contributed by atoms with Crippen LogP contribution in [0.1, 0.15) is 25.5 Å². The first-order valence-electron chi connectivity index (χ1n) is 5.58. The van der Waals surface area contributed by atoms with Gasteiger partial charge in [-0.25, -0.2) is 23.4 Å². The zero-order valence-electron chi connectivity index (χ0n) is 10.8. The van der Waals surface area contributed by atoms with Gasteiger partial charge in [-0.05, 0) is 12.0 Å². The predicted molar refractivity (Wildman–Crippen MR) is 74.8 cm³/mol. The highest BCUT2D eigenvalue weighted by molar-refractivity contribution is 7.90. The molecule has 0 fully saturated rings. The molecule has 0 aliphatic rings. The molecule has 0 aliphatic heterocycles. The van der Waals surface area contributed by atoms with Gasteiger partial charge >= 0.3 is 0 Å². The number of sulfone groups is 1. The van der Waals surface area contributed by atoms with E-state index in [9.17, 15) is 8.42 Å². The Bertz CT molecular complexity index is 707. The third-order valence-corrected chi connectivity index (χ3v) is 4.20. The van der Waals surface area contributed by atoms with E-state index >= 15 is 0 Å². The summed E-state index contributed by atoms with van der Waals surface area (Å²) in [5, 5.41) is 0.255. The second-order valence-electron chi connectivity index (χ2n) is 4.42. The molecule has 2 aromatic rings. The van der Waals surface area contributed by atoms with Crippen molar-refractivity contribution in [3.63, 3.8) is 0 Å². The van der Waals surface area contributed by atoms with Gasteiger partial charge in [-0.2, -0.15) is 0 Å². The van der Waals surface area contributed by atoms with Crippen LogP contribution in [0, 0.1) is 0 Å². The Morgan fingerprint density at radius 3 is 2.58 bits per heavy atom. The molecule has 6 nitrogen and oxygen atoms in total. The number of nitrogens with two attached hydrogens (primary N) is 1. The maximum atomic E-state index is 11.5. The van der Waals surface area contributed by atoms with Crippen LogP contribution in [0.5, 0.6) is 0 Å². The van der Waals surface area contributed by atoms with Crippen molar-refractivity contribution in [1.29, 1.82) is 0 Å². The number of aromatic nitrogens is 3. The highest BCUT2D eigenvalue weighted by Crippen LogP contribution is 2.34. The topological polar surface area (TPSA) is 98.8 Å². The van der Waals surface area contributed by atoms with Gasteiger partial charge in [0.25, 0.3) is 0 Å². The van der Waals surface area contributed by atoms with E-state index in [1.807, 2.05) is 13.8 Å². The minimum Gasteiger partial charge on any atom is -0.375 e. The molecular weight excluding hydrogens is 284 g/mol. The molecule has 0 amide bonds. The predicted octanol–water partition coefficient (Wildman–Crippen LogP) is 1.71. The third kappa shape index (κ3) is 2.90. The lowest BCUT2D eigenvalue weighted by molar-refractivity contribution is 0.593.